The van der Waals surface area contributed by atoms with Crippen LogP contribution in [0.4, 0.5) is 8.78 Å². The number of halogens is 2. The first-order valence-electron chi connectivity index (χ1n) is 7.66. The van der Waals surface area contributed by atoms with Crippen molar-refractivity contribution >= 4 is 20.9 Å². The minimum atomic E-state index is -2.54. The van der Waals surface area contributed by atoms with Gasteiger partial charge in [-0.05, 0) is 38.2 Å². The van der Waals surface area contributed by atoms with Crippen LogP contribution < -0.4 is 0 Å². The van der Waals surface area contributed by atoms with Crippen molar-refractivity contribution in [2.24, 2.45) is 5.92 Å². The minimum Gasteiger partial charge on any atom is -0.295 e. The molecule has 2 aliphatic carbocycles. The fraction of sp³-hybridized carbons (Fsp3) is 0.333. The molecule has 0 N–H and O–H groups in total. The highest BCUT2D eigenvalue weighted by Gasteiger charge is 2.40. The van der Waals surface area contributed by atoms with E-state index in [1.165, 1.54) is 35.3 Å². The predicted molar refractivity (Wildman–Crippen MR) is 94.1 cm³/mol. The second kappa shape index (κ2) is 7.84. The normalized spacial score (nSPS) is 25.9. The minimum absolute atomic E-state index is 0.00893. The van der Waals surface area contributed by atoms with E-state index in [2.05, 4.69) is 0 Å². The molecule has 4 nitrogen and oxygen atoms in total. The topological polar surface area (TPSA) is 54.5 Å². The van der Waals surface area contributed by atoms with Crippen LogP contribution in [-0.2, 0) is 15.1 Å². The van der Waals surface area contributed by atoms with Crippen LogP contribution in [0.5, 0.6) is 0 Å². The lowest BCUT2D eigenvalue weighted by Crippen LogP contribution is -2.49. The third-order valence-electron chi connectivity index (χ3n) is 4.36. The number of allylic oxidation sites excluding steroid dienone is 8. The number of hydrogen-bond donors (Lipinski definition) is 0. The lowest BCUT2D eigenvalue weighted by molar-refractivity contribution is -0.115. The van der Waals surface area contributed by atoms with Crippen LogP contribution in [0.3, 0.4) is 0 Å². The highest BCUT2D eigenvalue weighted by Crippen LogP contribution is 2.32. The average molecular weight is 367 g/mol. The predicted octanol–water partition coefficient (Wildman–Crippen LogP) is 2.36. The first-order chi connectivity index (χ1) is 11.8. The Morgan fingerprint density at radius 2 is 2.04 bits per heavy atom. The molecule has 0 aromatic carbocycles. The third kappa shape index (κ3) is 4.11. The van der Waals surface area contributed by atoms with E-state index >= 15 is 0 Å². The van der Waals surface area contributed by atoms with E-state index in [4.69, 9.17) is 0 Å². The van der Waals surface area contributed by atoms with E-state index in [9.17, 15) is 22.0 Å². The summed E-state index contributed by atoms with van der Waals surface area (Å²) in [5.74, 6) is -1.23. The molecule has 0 aromatic rings. The Hall–Kier alpha value is -2.12. The summed E-state index contributed by atoms with van der Waals surface area (Å²) in [6.45, 7) is 0. The van der Waals surface area contributed by atoms with Gasteiger partial charge in [-0.1, -0.05) is 42.5 Å². The third-order valence-corrected chi connectivity index (χ3v) is 5.14. The Labute approximate surface area is 147 Å². The first-order valence-corrected chi connectivity index (χ1v) is 8.73. The van der Waals surface area contributed by atoms with Crippen molar-refractivity contribution in [2.45, 2.75) is 18.4 Å². The lowest BCUT2D eigenvalue weighted by Gasteiger charge is -2.37. The number of alkyl halides is 2. The molecule has 0 heterocycles. The largest absolute Gasteiger partial charge is 0.295 e. The zero-order valence-corrected chi connectivity index (χ0v) is 14.7. The van der Waals surface area contributed by atoms with Crippen molar-refractivity contribution in [1.82, 2.24) is 4.90 Å². The molecule has 0 bridgehead atoms. The molecular formula is C18H19F2NO3S. The maximum atomic E-state index is 13.4. The van der Waals surface area contributed by atoms with E-state index in [0.29, 0.717) is 5.57 Å². The summed E-state index contributed by atoms with van der Waals surface area (Å²) in [7, 11) is 0.715. The number of rotatable bonds is 5. The number of likely N-dealkylation sites (N-methyl/N-ethyl adjacent to an activating group) is 1. The average Bonchev–Trinajstić information content (AvgIpc) is 2.59. The van der Waals surface area contributed by atoms with Gasteiger partial charge in [-0.3, -0.25) is 9.69 Å². The molecule has 0 radical (unpaired) electrons. The molecule has 25 heavy (non-hydrogen) atoms. The van der Waals surface area contributed by atoms with Crippen molar-refractivity contribution < 1.29 is 22.0 Å². The van der Waals surface area contributed by atoms with E-state index < -0.39 is 28.2 Å². The number of nitrogens with zero attached hydrogens (tertiary/aromatic N) is 1. The number of carbonyl (C=O) groups is 1. The van der Waals surface area contributed by atoms with Gasteiger partial charge in [0.1, 0.15) is 5.54 Å². The fourth-order valence-electron chi connectivity index (χ4n) is 2.67. The highest BCUT2D eigenvalue weighted by atomic mass is 32.2. The van der Waals surface area contributed by atoms with E-state index in [-0.39, 0.29) is 17.1 Å². The Balaban J connectivity index is 2.14. The summed E-state index contributed by atoms with van der Waals surface area (Å²) in [5, 5.41) is 0. The molecule has 2 unspecified atom stereocenters. The van der Waals surface area contributed by atoms with Crippen molar-refractivity contribution in [3.63, 3.8) is 0 Å². The molecule has 0 fully saturated rings. The van der Waals surface area contributed by atoms with E-state index in [0.717, 1.165) is 0 Å². The van der Waals surface area contributed by atoms with Crippen molar-refractivity contribution in [3.8, 4) is 0 Å². The molecule has 0 aromatic heterocycles. The zero-order chi connectivity index (χ0) is 18.6. The smallest absolute Gasteiger partial charge is 0.260 e. The van der Waals surface area contributed by atoms with Gasteiger partial charge >= 0.3 is 0 Å². The molecular weight excluding hydrogens is 348 g/mol. The van der Waals surface area contributed by atoms with Crippen LogP contribution in [0, 0.1) is 5.92 Å². The molecule has 0 saturated heterocycles. The standard InChI is InChI=1S/C18H19F2NO3S/c1-21(2)18(17(19)20)11-9-13(10-12-18)7-8-15(22)14-5-3-4-6-16(14)25(23)24/h3-11,14,17H,12H2,1-2H3. The summed E-state index contributed by atoms with van der Waals surface area (Å²) in [4.78, 5) is 13.7. The number of carbonyl (C=O) groups excluding carboxylic acids is 1. The van der Waals surface area contributed by atoms with Gasteiger partial charge < -0.3 is 0 Å². The molecule has 0 saturated carbocycles. The summed E-state index contributed by atoms with van der Waals surface area (Å²) in [6.07, 6.45) is 11.1. The van der Waals surface area contributed by atoms with Crippen molar-refractivity contribution in [2.75, 3.05) is 14.1 Å². The Morgan fingerprint density at radius 1 is 1.32 bits per heavy atom. The quantitative estimate of drug-likeness (QED) is 0.553. The van der Waals surface area contributed by atoms with Crippen LogP contribution in [0.2, 0.25) is 0 Å². The lowest BCUT2D eigenvalue weighted by atomic mass is 9.87. The summed E-state index contributed by atoms with van der Waals surface area (Å²) >= 11 is 0. The second-order valence-corrected chi connectivity index (χ2v) is 6.96. The van der Waals surface area contributed by atoms with Gasteiger partial charge in [0.15, 0.2) is 5.78 Å². The molecule has 0 aliphatic heterocycles. The molecule has 0 amide bonds. The Kier molecular flexibility index (Phi) is 6.02. The Morgan fingerprint density at radius 3 is 2.56 bits per heavy atom. The first kappa shape index (κ1) is 19.2. The van der Waals surface area contributed by atoms with E-state index in [1.54, 1.807) is 38.4 Å². The maximum absolute atomic E-state index is 13.4. The van der Waals surface area contributed by atoms with Gasteiger partial charge in [0.2, 0.25) is 10.3 Å². The Bertz CT molecular complexity index is 814. The van der Waals surface area contributed by atoms with Crippen molar-refractivity contribution in [1.29, 1.82) is 0 Å². The van der Waals surface area contributed by atoms with Gasteiger partial charge in [-0.25, -0.2) is 8.78 Å². The van der Waals surface area contributed by atoms with Gasteiger partial charge in [0.05, 0.1) is 10.8 Å². The second-order valence-electron chi connectivity index (χ2n) is 6.02. The summed E-state index contributed by atoms with van der Waals surface area (Å²) in [5.41, 5.74) is -0.717. The molecule has 0 spiro atoms. The zero-order valence-electron chi connectivity index (χ0n) is 13.9. The van der Waals surface area contributed by atoms with Gasteiger partial charge in [-0.2, -0.15) is 8.42 Å². The van der Waals surface area contributed by atoms with Crippen LogP contribution >= 0.6 is 0 Å². The van der Waals surface area contributed by atoms with Crippen LogP contribution in [0.25, 0.3) is 0 Å². The van der Waals surface area contributed by atoms with Gasteiger partial charge in [0, 0.05) is 0 Å². The molecule has 2 rings (SSSR count). The van der Waals surface area contributed by atoms with Crippen molar-refractivity contribution in [3.05, 3.63) is 60.3 Å². The maximum Gasteiger partial charge on any atom is 0.260 e. The van der Waals surface area contributed by atoms with Gasteiger partial charge in [0.25, 0.3) is 6.43 Å². The van der Waals surface area contributed by atoms with E-state index in [1.807, 2.05) is 0 Å². The molecule has 2 atom stereocenters. The van der Waals surface area contributed by atoms with Crippen LogP contribution in [0.1, 0.15) is 6.42 Å². The van der Waals surface area contributed by atoms with Crippen LogP contribution in [-0.4, -0.2) is 50.0 Å². The molecule has 2 aliphatic rings. The summed E-state index contributed by atoms with van der Waals surface area (Å²) in [6, 6.07) is 0. The summed E-state index contributed by atoms with van der Waals surface area (Å²) < 4.78 is 49.1. The SMILES string of the molecule is CN(C)C1(C(F)F)C=CC(C=CC(=O)C2C=CC=CC2=S(=O)=O)=CC1. The molecule has 7 heteroatoms. The highest BCUT2D eigenvalue weighted by molar-refractivity contribution is 7.73. The fourth-order valence-corrected chi connectivity index (χ4v) is 3.26. The molecule has 134 valence electrons. The van der Waals surface area contributed by atoms with Gasteiger partial charge in [-0.15, -0.1) is 0 Å². The number of ketones is 1. The van der Waals surface area contributed by atoms with Crippen LogP contribution in [0.15, 0.2) is 60.3 Å². The number of hydrogen-bond acceptors (Lipinski definition) is 4. The monoisotopic (exact) mass is 367 g/mol.